The molecule has 0 unspecified atom stereocenters. The molecule has 0 aromatic carbocycles. The molecule has 2 fully saturated rings. The van der Waals surface area contributed by atoms with Crippen molar-refractivity contribution in [3.8, 4) is 0 Å². The van der Waals surface area contributed by atoms with E-state index in [9.17, 15) is 0 Å². The molecule has 0 N–H and O–H groups in total. The van der Waals surface area contributed by atoms with Crippen molar-refractivity contribution in [3.05, 3.63) is 37.4 Å². The van der Waals surface area contributed by atoms with Gasteiger partial charge in [-0.15, -0.1) is 0 Å². The third kappa shape index (κ3) is 3.99. The molecule has 0 spiro atoms. The third-order valence-electron chi connectivity index (χ3n) is 4.91. The van der Waals surface area contributed by atoms with Crippen LogP contribution < -0.4 is 9.13 Å². The second-order valence-electron chi connectivity index (χ2n) is 7.29. The fourth-order valence-electron chi connectivity index (χ4n) is 3.14. The Hall–Kier alpha value is -1.58. The molecular weight excluding hydrogens is 272 g/mol. The Morgan fingerprint density at radius 1 is 0.727 bits per heavy atom. The summed E-state index contributed by atoms with van der Waals surface area (Å²) >= 11 is 0. The van der Waals surface area contributed by atoms with Gasteiger partial charge in [0.05, 0.1) is 26.2 Å². The van der Waals surface area contributed by atoms with Crippen molar-refractivity contribution in [2.75, 3.05) is 0 Å². The molecule has 2 aromatic heterocycles. The van der Waals surface area contributed by atoms with Crippen LogP contribution in [0.3, 0.4) is 0 Å². The van der Waals surface area contributed by atoms with E-state index in [-0.39, 0.29) is 0 Å². The standard InChI is InChI=1S/C18H28N4/c1(7-19-9-11-21(15-19)13-17-3-4-17)2-8-20-10-12-22(16-20)14-18-5-6-18/h9-12,15-18H,1-8,13-14H2/q+2. The number of aryl methyl sites for hydroxylation is 2. The van der Waals surface area contributed by atoms with Gasteiger partial charge in [0.25, 0.3) is 0 Å². The summed E-state index contributed by atoms with van der Waals surface area (Å²) in [5, 5.41) is 0. The Labute approximate surface area is 133 Å². The molecule has 2 aliphatic rings. The average Bonchev–Trinajstić information content (AvgIpc) is 3.40. The lowest BCUT2D eigenvalue weighted by Gasteiger charge is -1.97. The lowest BCUT2D eigenvalue weighted by atomic mass is 10.3. The van der Waals surface area contributed by atoms with Gasteiger partial charge in [0.15, 0.2) is 0 Å². The van der Waals surface area contributed by atoms with E-state index < -0.39 is 0 Å². The zero-order chi connectivity index (χ0) is 14.8. The zero-order valence-electron chi connectivity index (χ0n) is 13.5. The molecule has 4 heteroatoms. The maximum atomic E-state index is 2.35. The van der Waals surface area contributed by atoms with Gasteiger partial charge in [-0.3, -0.25) is 0 Å². The predicted molar refractivity (Wildman–Crippen MR) is 83.9 cm³/mol. The highest BCUT2D eigenvalue weighted by molar-refractivity contribution is 4.72. The summed E-state index contributed by atoms with van der Waals surface area (Å²) in [6.45, 7) is 4.72. The molecular formula is C18H28N4+2. The number of imidazole rings is 2. The van der Waals surface area contributed by atoms with Crippen molar-refractivity contribution in [2.45, 2.75) is 64.7 Å². The van der Waals surface area contributed by atoms with Crippen molar-refractivity contribution in [1.29, 1.82) is 0 Å². The van der Waals surface area contributed by atoms with Crippen LogP contribution >= 0.6 is 0 Å². The Morgan fingerprint density at radius 3 is 1.59 bits per heavy atom. The molecule has 0 bridgehead atoms. The zero-order valence-corrected chi connectivity index (χ0v) is 13.5. The van der Waals surface area contributed by atoms with Crippen LogP contribution in [0.5, 0.6) is 0 Å². The fraction of sp³-hybridized carbons (Fsp3) is 0.667. The van der Waals surface area contributed by atoms with E-state index in [1.807, 2.05) is 0 Å². The van der Waals surface area contributed by atoms with Crippen LogP contribution in [0, 0.1) is 11.8 Å². The number of aromatic nitrogens is 4. The van der Waals surface area contributed by atoms with E-state index in [4.69, 9.17) is 0 Å². The minimum Gasteiger partial charge on any atom is -0.237 e. The molecule has 0 amide bonds. The highest BCUT2D eigenvalue weighted by Crippen LogP contribution is 2.29. The van der Waals surface area contributed by atoms with E-state index in [0.29, 0.717) is 0 Å². The van der Waals surface area contributed by atoms with Crippen molar-refractivity contribution in [2.24, 2.45) is 11.8 Å². The van der Waals surface area contributed by atoms with Crippen molar-refractivity contribution < 1.29 is 9.13 Å². The molecule has 0 saturated heterocycles. The Morgan fingerprint density at radius 2 is 1.18 bits per heavy atom. The van der Waals surface area contributed by atoms with E-state index in [1.54, 1.807) is 0 Å². The predicted octanol–water partition coefficient (Wildman–Crippen LogP) is 2.17. The van der Waals surface area contributed by atoms with Gasteiger partial charge >= 0.3 is 0 Å². The first-order valence-electron chi connectivity index (χ1n) is 8.95. The van der Waals surface area contributed by atoms with Crippen molar-refractivity contribution in [1.82, 2.24) is 9.13 Å². The van der Waals surface area contributed by atoms with Gasteiger partial charge in [0.1, 0.15) is 24.8 Å². The molecule has 0 radical (unpaired) electrons. The van der Waals surface area contributed by atoms with E-state index in [1.165, 1.54) is 51.6 Å². The summed E-state index contributed by atoms with van der Waals surface area (Å²) < 4.78 is 9.38. The SMILES string of the molecule is c1c[n+](CC2CC2)cn1CCCCn1cc[n+](CC2CC2)c1. The van der Waals surface area contributed by atoms with Gasteiger partial charge in [-0.2, -0.15) is 0 Å². The summed E-state index contributed by atoms with van der Waals surface area (Å²) in [5.74, 6) is 1.91. The molecule has 0 atom stereocenters. The highest BCUT2D eigenvalue weighted by atomic mass is 15.1. The minimum atomic E-state index is 0.955. The third-order valence-corrected chi connectivity index (χ3v) is 4.91. The number of nitrogens with zero attached hydrogens (tertiary/aromatic N) is 4. The molecule has 2 saturated carbocycles. The lowest BCUT2D eigenvalue weighted by Crippen LogP contribution is -2.32. The van der Waals surface area contributed by atoms with Crippen LogP contribution in [0.25, 0.3) is 0 Å². The molecule has 2 heterocycles. The molecule has 118 valence electrons. The van der Waals surface area contributed by atoms with Crippen LogP contribution in [0.4, 0.5) is 0 Å². The summed E-state index contributed by atoms with van der Waals surface area (Å²) in [6.07, 6.45) is 21.7. The van der Waals surface area contributed by atoms with Crippen LogP contribution in [0.15, 0.2) is 37.4 Å². The Kier molecular flexibility index (Phi) is 4.00. The minimum absolute atomic E-state index is 0.955. The first-order chi connectivity index (χ1) is 10.8. The van der Waals surface area contributed by atoms with Gasteiger partial charge in [-0.05, 0) is 50.4 Å². The second-order valence-corrected chi connectivity index (χ2v) is 7.29. The number of hydrogen-bond acceptors (Lipinski definition) is 0. The van der Waals surface area contributed by atoms with E-state index >= 15 is 0 Å². The second kappa shape index (κ2) is 6.27. The van der Waals surface area contributed by atoms with Crippen LogP contribution in [-0.2, 0) is 26.2 Å². The molecule has 2 aliphatic carbocycles. The molecule has 2 aromatic rings. The highest BCUT2D eigenvalue weighted by Gasteiger charge is 2.24. The maximum absolute atomic E-state index is 2.35. The van der Waals surface area contributed by atoms with Crippen LogP contribution in [0.1, 0.15) is 38.5 Å². The van der Waals surface area contributed by atoms with Gasteiger partial charge in [0, 0.05) is 0 Å². The van der Waals surface area contributed by atoms with Crippen molar-refractivity contribution in [3.63, 3.8) is 0 Å². The molecule has 22 heavy (non-hydrogen) atoms. The Balaban J connectivity index is 1.16. The van der Waals surface area contributed by atoms with Crippen LogP contribution in [-0.4, -0.2) is 9.13 Å². The molecule has 4 nitrogen and oxygen atoms in total. The summed E-state index contributed by atoms with van der Waals surface area (Å²) in [4.78, 5) is 0. The average molecular weight is 300 g/mol. The van der Waals surface area contributed by atoms with E-state index in [2.05, 4.69) is 55.7 Å². The first kappa shape index (κ1) is 14.0. The lowest BCUT2D eigenvalue weighted by molar-refractivity contribution is -0.699. The van der Waals surface area contributed by atoms with Crippen LogP contribution in [0.2, 0.25) is 0 Å². The smallest absolute Gasteiger partial charge is 0.237 e. The van der Waals surface area contributed by atoms with E-state index in [0.717, 1.165) is 24.9 Å². The van der Waals surface area contributed by atoms with Gasteiger partial charge in [-0.25, -0.2) is 18.3 Å². The Bertz CT molecular complexity index is 550. The monoisotopic (exact) mass is 300 g/mol. The maximum Gasteiger partial charge on any atom is 0.243 e. The summed E-state index contributed by atoms with van der Waals surface area (Å²) in [7, 11) is 0. The fourth-order valence-corrected chi connectivity index (χ4v) is 3.14. The largest absolute Gasteiger partial charge is 0.243 e. The molecule has 4 rings (SSSR count). The first-order valence-corrected chi connectivity index (χ1v) is 8.95. The van der Waals surface area contributed by atoms with Gasteiger partial charge in [-0.1, -0.05) is 0 Å². The van der Waals surface area contributed by atoms with Gasteiger partial charge < -0.3 is 0 Å². The normalized spacial score (nSPS) is 18.0. The quantitative estimate of drug-likeness (QED) is 0.499. The van der Waals surface area contributed by atoms with Crippen molar-refractivity contribution >= 4 is 0 Å². The summed E-state index contributed by atoms with van der Waals surface area (Å²) in [5.41, 5.74) is 0. The topological polar surface area (TPSA) is 17.6 Å². The number of unbranched alkanes of at least 4 members (excludes halogenated alkanes) is 1. The molecule has 0 aliphatic heterocycles. The van der Waals surface area contributed by atoms with Gasteiger partial charge in [0.2, 0.25) is 12.7 Å². The summed E-state index contributed by atoms with van der Waals surface area (Å²) in [6, 6.07) is 0. The number of hydrogen-bond donors (Lipinski definition) is 0. The number of rotatable bonds is 9.